The van der Waals surface area contributed by atoms with Crippen LogP contribution in [0.4, 0.5) is 58.4 Å². The first-order chi connectivity index (χ1) is 39.2. The Morgan fingerprint density at radius 2 is 0.916 bits per heavy atom. The Hall–Kier alpha value is -9.72. The van der Waals surface area contributed by atoms with E-state index in [0.717, 1.165) is 48.5 Å². The number of aliphatic hydroxyl groups is 1. The van der Waals surface area contributed by atoms with E-state index in [4.69, 9.17) is 38.4 Å². The normalized spacial score (nSPS) is 11.1. The number of hydrogen-bond acceptors (Lipinski definition) is 12. The van der Waals surface area contributed by atoms with E-state index in [1.54, 1.807) is 73.3 Å². The topological polar surface area (TPSA) is 228 Å². The third-order valence-corrected chi connectivity index (χ3v) is 11.3. The summed E-state index contributed by atoms with van der Waals surface area (Å²) < 4.78 is 153. The van der Waals surface area contributed by atoms with Crippen molar-refractivity contribution in [1.82, 2.24) is 30.1 Å². The van der Waals surface area contributed by atoms with E-state index in [9.17, 15) is 57.5 Å². The highest BCUT2D eigenvalue weighted by Gasteiger charge is 2.32. The summed E-state index contributed by atoms with van der Waals surface area (Å²) in [5.74, 6) is -0.464. The van der Waals surface area contributed by atoms with Crippen molar-refractivity contribution in [1.29, 1.82) is 15.9 Å². The summed E-state index contributed by atoms with van der Waals surface area (Å²) in [6, 6.07) is 36.0. The van der Waals surface area contributed by atoms with Gasteiger partial charge in [-0.15, -0.1) is 0 Å². The summed E-state index contributed by atoms with van der Waals surface area (Å²) >= 11 is 5.49. The van der Waals surface area contributed by atoms with Crippen LogP contribution in [-0.4, -0.2) is 47.5 Å². The summed E-state index contributed by atoms with van der Waals surface area (Å²) in [5.41, 5.74) is 8.39. The Morgan fingerprint density at radius 1 is 0.542 bits per heavy atom. The number of anilines is 1. The van der Waals surface area contributed by atoms with Gasteiger partial charge in [0, 0.05) is 60.9 Å². The molecule has 0 atom stereocenters. The lowest BCUT2D eigenvalue weighted by atomic mass is 10.0. The summed E-state index contributed by atoms with van der Waals surface area (Å²) in [4.78, 5) is 29.6. The van der Waals surface area contributed by atoms with Gasteiger partial charge in [0.1, 0.15) is 17.3 Å². The van der Waals surface area contributed by atoms with Crippen LogP contribution in [0, 0.1) is 28.1 Å². The van der Waals surface area contributed by atoms with Gasteiger partial charge in [0.2, 0.25) is 0 Å². The van der Waals surface area contributed by atoms with Crippen LogP contribution in [0.3, 0.4) is 0 Å². The number of pyridine rings is 4. The van der Waals surface area contributed by atoms with Crippen molar-refractivity contribution in [3.05, 3.63) is 259 Å². The van der Waals surface area contributed by atoms with E-state index in [2.05, 4.69) is 34.6 Å². The minimum Gasteiger partial charge on any atom is -0.399 e. The molecule has 0 aliphatic rings. The maximum Gasteiger partial charge on any atom is 0.439 e. The number of alkyl halides is 12. The van der Waals surface area contributed by atoms with Gasteiger partial charge in [-0.1, -0.05) is 53.2 Å². The number of nitriles is 2. The summed E-state index contributed by atoms with van der Waals surface area (Å²) in [6.07, 6.45) is -10.2. The van der Waals surface area contributed by atoms with Crippen molar-refractivity contribution in [2.24, 2.45) is 0 Å². The van der Waals surface area contributed by atoms with Crippen LogP contribution in [-0.2, 0) is 44.0 Å². The van der Waals surface area contributed by atoms with E-state index in [1.165, 1.54) is 48.5 Å². The minimum absolute atomic E-state index is 0.0324. The van der Waals surface area contributed by atoms with Gasteiger partial charge in [-0.05, 0) is 126 Å². The van der Waals surface area contributed by atoms with Gasteiger partial charge in [-0.3, -0.25) is 24.5 Å². The van der Waals surface area contributed by atoms with Gasteiger partial charge in [0.25, 0.3) is 0 Å². The number of aromatic amines is 1. The van der Waals surface area contributed by atoms with E-state index < -0.39 is 59.3 Å². The van der Waals surface area contributed by atoms with E-state index in [-0.39, 0.29) is 16.7 Å². The second-order valence-corrected chi connectivity index (χ2v) is 17.2. The highest BCUT2D eigenvalue weighted by atomic mass is 35.5. The first kappa shape index (κ1) is 64.1. The van der Waals surface area contributed by atoms with Gasteiger partial charge in [-0.2, -0.15) is 63.2 Å². The number of benzene rings is 4. The van der Waals surface area contributed by atoms with Crippen molar-refractivity contribution in [2.75, 3.05) is 12.3 Å². The molecule has 9 aromatic rings. The van der Waals surface area contributed by atoms with Gasteiger partial charge < -0.3 is 16.2 Å². The van der Waals surface area contributed by atoms with Crippen molar-refractivity contribution in [2.45, 2.75) is 44.0 Å². The summed E-state index contributed by atoms with van der Waals surface area (Å²) in [5, 5.41) is 37.8. The molecule has 4 aromatic carbocycles. The molecule has 0 saturated carbocycles. The zero-order valence-electron chi connectivity index (χ0n) is 42.4. The Balaban J connectivity index is 0.000000197. The third-order valence-electron chi connectivity index (χ3n) is 11.0. The monoisotopic (exact) mass is 1180 g/mol. The lowest BCUT2D eigenvalue weighted by Gasteiger charge is -2.10. The highest BCUT2D eigenvalue weighted by Crippen LogP contribution is 2.33. The average molecular weight is 1180 g/mol. The number of nitrogens with two attached hydrogens (primary N) is 1. The number of H-pyrrole nitrogens is 1. The number of halogens is 13. The fourth-order valence-corrected chi connectivity index (χ4v) is 7.08. The van der Waals surface area contributed by atoms with Crippen LogP contribution in [0.5, 0.6) is 0 Å². The smallest absolute Gasteiger partial charge is 0.399 e. The van der Waals surface area contributed by atoms with Gasteiger partial charge in [-0.25, -0.2) is 9.78 Å². The average Bonchev–Trinajstić information content (AvgIpc) is 3.90. The number of rotatable bonds is 9. The van der Waals surface area contributed by atoms with E-state index in [1.807, 2.05) is 12.1 Å². The summed E-state index contributed by atoms with van der Waals surface area (Å²) in [6.45, 7) is -0.411. The molecular weight excluding hydrogens is 1140 g/mol. The molecule has 0 fully saturated rings. The molecule has 26 heteroatoms. The second-order valence-electron chi connectivity index (χ2n) is 16.9. The number of hydrogen-bond donors (Lipinski definition) is 4. The maximum absolute atomic E-state index is 12.6. The molecule has 0 bridgehead atoms. The Morgan fingerprint density at radius 3 is 1.31 bits per heavy atom. The van der Waals surface area contributed by atoms with Crippen LogP contribution in [0.2, 0.25) is 5.15 Å². The molecule has 428 valence electrons. The zero-order valence-corrected chi connectivity index (χ0v) is 43.1. The Kier molecular flexibility index (Phi) is 22.5. The quantitative estimate of drug-likeness (QED) is 0.0460. The summed E-state index contributed by atoms with van der Waals surface area (Å²) in [7, 11) is 0. The third kappa shape index (κ3) is 20.1. The van der Waals surface area contributed by atoms with Gasteiger partial charge >= 0.3 is 30.5 Å². The number of nitrogens with zero attached hydrogens (tertiary/aromatic N) is 7. The van der Waals surface area contributed by atoms with E-state index in [0.29, 0.717) is 81.0 Å². The molecule has 0 saturated heterocycles. The largest absolute Gasteiger partial charge is 0.439 e. The standard InChI is InChI=1S/C15H10F3N3O2.C15H13F3N2O.C14H9F3N2.C7H6F3N.C6H3ClN2/c16-15(17,18)10-5-3-9(4-6-10)8-12-11(2-1-7-19-12)13-20-14(22)23-21-13;16-15(17,18)11-5-3-10(4-6-11)8-14-12(13(19)9-21)2-1-7-20-14;15-14(16,17)12-5-3-10(4-6-12)8-13-11(9-18)2-1-7-19-13;8-7(9,10)5-1-3-6(11)4-2-5;7-6-5(4-8)2-1-3-9-6/h1-7H,8H2,(H,20,21,22);1-7,19,21H,8-9H2;1-7H,8H2;1-4H,11H2;1-3H. The van der Waals surface area contributed by atoms with Crippen LogP contribution in [0.25, 0.3) is 11.4 Å². The zero-order chi connectivity index (χ0) is 61.0. The van der Waals surface area contributed by atoms with Crippen molar-refractivity contribution in [3.8, 4) is 23.5 Å². The molecule has 83 heavy (non-hydrogen) atoms. The van der Waals surface area contributed by atoms with Crippen molar-refractivity contribution in [3.63, 3.8) is 0 Å². The molecule has 0 unspecified atom stereocenters. The first-order valence-electron chi connectivity index (χ1n) is 23.6. The fourth-order valence-electron chi connectivity index (χ4n) is 6.92. The van der Waals surface area contributed by atoms with Gasteiger partial charge in [0.05, 0.1) is 62.8 Å². The molecule has 0 radical (unpaired) electrons. The van der Waals surface area contributed by atoms with Crippen LogP contribution in [0.15, 0.2) is 180 Å². The second kappa shape index (κ2) is 29.1. The predicted octanol–water partition coefficient (Wildman–Crippen LogP) is 13.5. The van der Waals surface area contributed by atoms with E-state index >= 15 is 0 Å². The molecule has 9 rings (SSSR count). The molecule has 0 amide bonds. The first-order valence-corrected chi connectivity index (χ1v) is 24.0. The lowest BCUT2D eigenvalue weighted by Crippen LogP contribution is -2.10. The predicted molar refractivity (Wildman–Crippen MR) is 280 cm³/mol. The Bertz CT molecular complexity index is 3690. The molecule has 13 nitrogen and oxygen atoms in total. The van der Waals surface area contributed by atoms with Crippen LogP contribution in [0.1, 0.15) is 72.7 Å². The van der Waals surface area contributed by atoms with Crippen LogP contribution < -0.4 is 11.5 Å². The number of nitrogens with one attached hydrogen (secondary N) is 2. The molecule has 0 spiro atoms. The minimum atomic E-state index is -4.37. The lowest BCUT2D eigenvalue weighted by molar-refractivity contribution is -0.138. The fraction of sp³-hybridized carbons (Fsp3) is 0.140. The molecule has 5 N–H and O–H groups in total. The molecule has 5 aromatic heterocycles. The molecule has 5 heterocycles. The SMILES string of the molecule is N#Cc1cccnc1Cc1ccc(C(F)(F)F)cc1.N#Cc1cccnc1Cl.N=C(CO)c1cccnc1Cc1ccc(C(F)(F)F)cc1.Nc1ccc(C(F)(F)F)cc1.O=c1[nH]c(-c2cccnc2Cc2ccc(C(F)(F)F)cc2)no1. The Labute approximate surface area is 468 Å². The number of nitrogen functional groups attached to an aromatic ring is 1. The highest BCUT2D eigenvalue weighted by molar-refractivity contribution is 6.30. The number of aromatic nitrogens is 6. The van der Waals surface area contributed by atoms with Crippen molar-refractivity contribution < 1.29 is 62.3 Å². The molecular formula is C57H41ClF12N10O3. The number of aliphatic hydroxyl groups excluding tert-OH is 1. The van der Waals surface area contributed by atoms with Crippen molar-refractivity contribution >= 4 is 23.0 Å². The van der Waals surface area contributed by atoms with Crippen LogP contribution >= 0.6 is 11.6 Å². The van der Waals surface area contributed by atoms with Gasteiger partial charge in [0.15, 0.2) is 5.82 Å². The molecule has 0 aliphatic heterocycles. The maximum atomic E-state index is 12.6. The molecule has 0 aliphatic carbocycles.